The zero-order valence-corrected chi connectivity index (χ0v) is 7.52. The summed E-state index contributed by atoms with van der Waals surface area (Å²) in [7, 11) is 0. The third kappa shape index (κ3) is 1.65. The Bertz CT molecular complexity index is 436. The molecule has 1 aromatic heterocycles. The minimum atomic E-state index is -0.271. The van der Waals surface area contributed by atoms with Crippen LogP contribution in [0.4, 0.5) is 4.39 Å². The highest BCUT2D eigenvalue weighted by Crippen LogP contribution is 2.09. The Morgan fingerprint density at radius 3 is 2.93 bits per heavy atom. The van der Waals surface area contributed by atoms with Gasteiger partial charge in [-0.15, -0.1) is 0 Å². The number of benzene rings is 1. The van der Waals surface area contributed by atoms with Gasteiger partial charge in [0.1, 0.15) is 5.82 Å². The average molecular weight is 191 g/mol. The smallest absolute Gasteiger partial charge is 0.125 e. The summed E-state index contributed by atoms with van der Waals surface area (Å²) in [5.41, 5.74) is 7.07. The van der Waals surface area contributed by atoms with E-state index in [1.807, 2.05) is 0 Å². The molecule has 2 rings (SSSR count). The lowest BCUT2D eigenvalue weighted by Crippen LogP contribution is -1.96. The van der Waals surface area contributed by atoms with Crippen molar-refractivity contribution in [1.82, 2.24) is 9.78 Å². The van der Waals surface area contributed by atoms with Crippen molar-refractivity contribution in [3.63, 3.8) is 0 Å². The summed E-state index contributed by atoms with van der Waals surface area (Å²) < 4.78 is 14.5. The van der Waals surface area contributed by atoms with Gasteiger partial charge in [0, 0.05) is 18.3 Å². The van der Waals surface area contributed by atoms with E-state index in [0.29, 0.717) is 12.2 Å². The van der Waals surface area contributed by atoms with E-state index in [9.17, 15) is 4.39 Å². The van der Waals surface area contributed by atoms with Gasteiger partial charge in [-0.25, -0.2) is 9.07 Å². The van der Waals surface area contributed by atoms with Crippen molar-refractivity contribution in [2.75, 3.05) is 0 Å². The first-order chi connectivity index (χ1) is 6.79. The Kier molecular flexibility index (Phi) is 2.28. The molecular formula is C10H10FN3. The topological polar surface area (TPSA) is 43.8 Å². The highest BCUT2D eigenvalue weighted by molar-refractivity contribution is 5.31. The lowest BCUT2D eigenvalue weighted by atomic mass is 10.3. The Hall–Kier alpha value is -1.68. The fourth-order valence-corrected chi connectivity index (χ4v) is 1.23. The molecule has 2 N–H and O–H groups in total. The van der Waals surface area contributed by atoms with Crippen molar-refractivity contribution < 1.29 is 4.39 Å². The molecule has 0 amide bonds. The van der Waals surface area contributed by atoms with Crippen LogP contribution in [0.15, 0.2) is 36.7 Å². The second-order valence-corrected chi connectivity index (χ2v) is 2.98. The van der Waals surface area contributed by atoms with E-state index in [1.165, 1.54) is 12.1 Å². The van der Waals surface area contributed by atoms with Gasteiger partial charge in [-0.3, -0.25) is 0 Å². The van der Waals surface area contributed by atoms with Gasteiger partial charge in [-0.2, -0.15) is 5.10 Å². The molecule has 3 nitrogen and oxygen atoms in total. The van der Waals surface area contributed by atoms with Crippen LogP contribution in [0.25, 0.3) is 5.69 Å². The van der Waals surface area contributed by atoms with E-state index in [1.54, 1.807) is 29.2 Å². The van der Waals surface area contributed by atoms with Crippen molar-refractivity contribution in [3.8, 4) is 5.69 Å². The molecular weight excluding hydrogens is 181 g/mol. The van der Waals surface area contributed by atoms with Crippen LogP contribution in [0, 0.1) is 5.82 Å². The van der Waals surface area contributed by atoms with Crippen molar-refractivity contribution >= 4 is 0 Å². The number of hydrogen-bond acceptors (Lipinski definition) is 2. The first-order valence-electron chi connectivity index (χ1n) is 4.29. The van der Waals surface area contributed by atoms with Crippen LogP contribution in [0.5, 0.6) is 0 Å². The Morgan fingerprint density at radius 1 is 1.43 bits per heavy atom. The number of nitrogens with two attached hydrogens (primary N) is 1. The van der Waals surface area contributed by atoms with Gasteiger partial charge in [-0.05, 0) is 18.2 Å². The maximum absolute atomic E-state index is 12.9. The molecule has 0 saturated carbocycles. The third-order valence-electron chi connectivity index (χ3n) is 1.94. The number of rotatable bonds is 2. The van der Waals surface area contributed by atoms with Crippen LogP contribution in [-0.2, 0) is 6.54 Å². The van der Waals surface area contributed by atoms with Gasteiger partial charge in [0.05, 0.1) is 11.9 Å². The summed E-state index contributed by atoms with van der Waals surface area (Å²) in [6, 6.07) is 6.26. The molecule has 0 unspecified atom stereocenters. The molecule has 1 heterocycles. The molecule has 14 heavy (non-hydrogen) atoms. The molecule has 2 aromatic rings. The Balaban J connectivity index is 2.39. The fraction of sp³-hybridized carbons (Fsp3) is 0.100. The van der Waals surface area contributed by atoms with Gasteiger partial charge in [0.15, 0.2) is 0 Å². The number of halogens is 1. The molecule has 0 atom stereocenters. The summed E-state index contributed by atoms with van der Waals surface area (Å²) in [4.78, 5) is 0. The quantitative estimate of drug-likeness (QED) is 0.781. The molecule has 0 spiro atoms. The van der Waals surface area contributed by atoms with Crippen LogP contribution < -0.4 is 5.73 Å². The minimum absolute atomic E-state index is 0.271. The molecule has 0 bridgehead atoms. The van der Waals surface area contributed by atoms with Gasteiger partial charge >= 0.3 is 0 Å². The largest absolute Gasteiger partial charge is 0.326 e. The zero-order chi connectivity index (χ0) is 9.97. The first-order valence-corrected chi connectivity index (χ1v) is 4.29. The third-order valence-corrected chi connectivity index (χ3v) is 1.94. The second kappa shape index (κ2) is 3.59. The summed E-state index contributed by atoms with van der Waals surface area (Å²) in [5.74, 6) is -0.271. The van der Waals surface area contributed by atoms with Gasteiger partial charge in [0.25, 0.3) is 0 Å². The Labute approximate surface area is 81.0 Å². The second-order valence-electron chi connectivity index (χ2n) is 2.98. The van der Waals surface area contributed by atoms with Crippen LogP contribution in [-0.4, -0.2) is 9.78 Å². The summed E-state index contributed by atoms with van der Waals surface area (Å²) in [5, 5.41) is 4.07. The molecule has 0 aliphatic carbocycles. The van der Waals surface area contributed by atoms with E-state index >= 15 is 0 Å². The van der Waals surface area contributed by atoms with E-state index in [2.05, 4.69) is 5.10 Å². The molecule has 0 fully saturated rings. The molecule has 1 aromatic carbocycles. The van der Waals surface area contributed by atoms with E-state index in [0.717, 1.165) is 5.56 Å². The predicted octanol–water partition coefficient (Wildman–Crippen LogP) is 1.47. The molecule has 0 aliphatic rings. The van der Waals surface area contributed by atoms with Crippen LogP contribution in [0.2, 0.25) is 0 Å². The molecule has 0 saturated heterocycles. The average Bonchev–Trinajstić information content (AvgIpc) is 2.66. The summed E-state index contributed by atoms with van der Waals surface area (Å²) >= 11 is 0. The number of hydrogen-bond donors (Lipinski definition) is 1. The van der Waals surface area contributed by atoms with Crippen molar-refractivity contribution in [2.45, 2.75) is 6.54 Å². The van der Waals surface area contributed by atoms with E-state index in [4.69, 9.17) is 5.73 Å². The lowest BCUT2D eigenvalue weighted by Gasteiger charge is -1.99. The SMILES string of the molecule is NCc1cnn(-c2cccc(F)c2)c1. The van der Waals surface area contributed by atoms with Gasteiger partial charge in [0.2, 0.25) is 0 Å². The minimum Gasteiger partial charge on any atom is -0.326 e. The van der Waals surface area contributed by atoms with Crippen LogP contribution in [0.1, 0.15) is 5.56 Å². The summed E-state index contributed by atoms with van der Waals surface area (Å²) in [6.07, 6.45) is 3.46. The molecule has 0 aliphatic heterocycles. The highest BCUT2D eigenvalue weighted by Gasteiger charge is 2.00. The number of nitrogens with zero attached hydrogens (tertiary/aromatic N) is 2. The van der Waals surface area contributed by atoms with Crippen molar-refractivity contribution in [1.29, 1.82) is 0 Å². The summed E-state index contributed by atoms with van der Waals surface area (Å²) in [6.45, 7) is 0.440. The maximum atomic E-state index is 12.9. The van der Waals surface area contributed by atoms with Gasteiger partial charge in [-0.1, -0.05) is 6.07 Å². The monoisotopic (exact) mass is 191 g/mol. The van der Waals surface area contributed by atoms with E-state index < -0.39 is 0 Å². The molecule has 72 valence electrons. The highest BCUT2D eigenvalue weighted by atomic mass is 19.1. The van der Waals surface area contributed by atoms with Crippen LogP contribution >= 0.6 is 0 Å². The Morgan fingerprint density at radius 2 is 2.29 bits per heavy atom. The van der Waals surface area contributed by atoms with E-state index in [-0.39, 0.29) is 5.82 Å². The van der Waals surface area contributed by atoms with Crippen LogP contribution in [0.3, 0.4) is 0 Å². The standard InChI is InChI=1S/C10H10FN3/c11-9-2-1-3-10(4-9)14-7-8(5-12)6-13-14/h1-4,6-7H,5,12H2. The van der Waals surface area contributed by atoms with Crippen molar-refractivity contribution in [2.24, 2.45) is 5.73 Å². The zero-order valence-electron chi connectivity index (χ0n) is 7.52. The number of aromatic nitrogens is 2. The molecule has 4 heteroatoms. The normalized spacial score (nSPS) is 10.4. The predicted molar refractivity (Wildman–Crippen MR) is 51.4 cm³/mol. The molecule has 0 radical (unpaired) electrons. The maximum Gasteiger partial charge on any atom is 0.125 e. The fourth-order valence-electron chi connectivity index (χ4n) is 1.23. The van der Waals surface area contributed by atoms with Gasteiger partial charge < -0.3 is 5.73 Å². The first kappa shape index (κ1) is 8.90. The van der Waals surface area contributed by atoms with Crippen molar-refractivity contribution in [3.05, 3.63) is 48.0 Å². The lowest BCUT2D eigenvalue weighted by molar-refractivity contribution is 0.625.